The number of guanidine groups is 1. The lowest BCUT2D eigenvalue weighted by atomic mass is 9.57. The van der Waals surface area contributed by atoms with Gasteiger partial charge in [-0.25, -0.2) is 0 Å². The second kappa shape index (κ2) is 8.19. The highest BCUT2D eigenvalue weighted by molar-refractivity contribution is 14.0. The topological polar surface area (TPSA) is 45.7 Å². The molecule has 2 fully saturated rings. The number of nitrogens with zero attached hydrogens (tertiary/aromatic N) is 1. The van der Waals surface area contributed by atoms with Gasteiger partial charge in [-0.15, -0.1) is 24.0 Å². The molecule has 2 N–H and O–H groups in total. The van der Waals surface area contributed by atoms with Crippen LogP contribution >= 0.6 is 24.0 Å². The van der Waals surface area contributed by atoms with Crippen LogP contribution in [0.15, 0.2) is 16.6 Å². The number of fused-ring (bicyclic) bond motifs is 1. The van der Waals surface area contributed by atoms with Crippen LogP contribution in [0.1, 0.15) is 52.4 Å². The molecule has 3 aliphatic rings. The maximum absolute atomic E-state index is 5.87. The Morgan fingerprint density at radius 1 is 1.39 bits per heavy atom. The van der Waals surface area contributed by atoms with Crippen LogP contribution in [0.2, 0.25) is 0 Å². The molecule has 1 heterocycles. The van der Waals surface area contributed by atoms with Crippen LogP contribution in [-0.4, -0.2) is 38.3 Å². The monoisotopic (exact) mass is 433 g/mol. The molecule has 0 aromatic carbocycles. The Balaban J connectivity index is 0.00000192. The first kappa shape index (κ1) is 19.0. The van der Waals surface area contributed by atoms with Gasteiger partial charge in [0.25, 0.3) is 0 Å². The number of ether oxygens (including phenoxy) is 1. The molecule has 0 spiro atoms. The van der Waals surface area contributed by atoms with E-state index in [-0.39, 0.29) is 29.4 Å². The number of allylic oxidation sites excluding steroid dienone is 1. The van der Waals surface area contributed by atoms with Crippen LogP contribution in [0.5, 0.6) is 0 Å². The zero-order valence-corrected chi connectivity index (χ0v) is 17.1. The molecule has 0 amide bonds. The van der Waals surface area contributed by atoms with E-state index in [4.69, 9.17) is 4.74 Å². The summed E-state index contributed by atoms with van der Waals surface area (Å²) in [6, 6.07) is 0.472. The smallest absolute Gasteiger partial charge is 0.191 e. The van der Waals surface area contributed by atoms with E-state index >= 15 is 0 Å². The van der Waals surface area contributed by atoms with Gasteiger partial charge in [0, 0.05) is 37.6 Å². The Morgan fingerprint density at radius 2 is 2.22 bits per heavy atom. The molecule has 23 heavy (non-hydrogen) atoms. The Bertz CT molecular complexity index is 461. The van der Waals surface area contributed by atoms with Gasteiger partial charge in [0.2, 0.25) is 0 Å². The molecule has 0 aromatic rings. The first-order valence-electron chi connectivity index (χ1n) is 8.89. The molecule has 0 aromatic heterocycles. The van der Waals surface area contributed by atoms with Gasteiger partial charge in [0.05, 0.1) is 6.10 Å². The van der Waals surface area contributed by atoms with Crippen molar-refractivity contribution in [2.45, 2.75) is 64.5 Å². The summed E-state index contributed by atoms with van der Waals surface area (Å²) in [7, 11) is 1.86. The van der Waals surface area contributed by atoms with Gasteiger partial charge < -0.3 is 15.4 Å². The second-order valence-electron chi connectivity index (χ2n) is 7.54. The van der Waals surface area contributed by atoms with E-state index in [0.29, 0.717) is 18.1 Å². The van der Waals surface area contributed by atoms with Gasteiger partial charge in [-0.1, -0.05) is 25.5 Å². The summed E-state index contributed by atoms with van der Waals surface area (Å²) in [5, 5.41) is 7.13. The van der Waals surface area contributed by atoms with E-state index in [1.165, 1.54) is 32.1 Å². The lowest BCUT2D eigenvalue weighted by Gasteiger charge is -2.54. The maximum atomic E-state index is 5.87. The molecule has 3 unspecified atom stereocenters. The summed E-state index contributed by atoms with van der Waals surface area (Å²) >= 11 is 0. The molecule has 0 radical (unpaired) electrons. The van der Waals surface area contributed by atoms with Crippen molar-refractivity contribution >= 4 is 29.9 Å². The number of halogens is 1. The average Bonchev–Trinajstić information content (AvgIpc) is 2.98. The zero-order valence-electron chi connectivity index (χ0n) is 14.7. The van der Waals surface area contributed by atoms with Crippen LogP contribution in [0.25, 0.3) is 0 Å². The van der Waals surface area contributed by atoms with Gasteiger partial charge in [-0.05, 0) is 38.5 Å². The maximum Gasteiger partial charge on any atom is 0.191 e. The quantitative estimate of drug-likeness (QED) is 0.309. The van der Waals surface area contributed by atoms with Gasteiger partial charge in [-0.2, -0.15) is 0 Å². The Morgan fingerprint density at radius 3 is 2.91 bits per heavy atom. The van der Waals surface area contributed by atoms with Crippen LogP contribution in [0.3, 0.4) is 0 Å². The fourth-order valence-corrected chi connectivity index (χ4v) is 4.43. The minimum Gasteiger partial charge on any atom is -0.377 e. The average molecular weight is 433 g/mol. The van der Waals surface area contributed by atoms with E-state index in [1.807, 2.05) is 7.05 Å². The molecule has 132 valence electrons. The third-order valence-electron chi connectivity index (χ3n) is 5.74. The summed E-state index contributed by atoms with van der Waals surface area (Å²) in [4.78, 5) is 4.41. The van der Waals surface area contributed by atoms with Crippen LogP contribution in [-0.2, 0) is 4.74 Å². The molecule has 2 aliphatic carbocycles. The van der Waals surface area contributed by atoms with Crippen molar-refractivity contribution in [1.82, 2.24) is 10.6 Å². The van der Waals surface area contributed by atoms with E-state index in [9.17, 15) is 0 Å². The van der Waals surface area contributed by atoms with Crippen molar-refractivity contribution in [3.8, 4) is 0 Å². The predicted octanol–water partition coefficient (Wildman–Crippen LogP) is 3.47. The fourth-order valence-electron chi connectivity index (χ4n) is 4.43. The summed E-state index contributed by atoms with van der Waals surface area (Å²) < 4.78 is 5.87. The van der Waals surface area contributed by atoms with E-state index < -0.39 is 0 Å². The summed E-state index contributed by atoms with van der Waals surface area (Å²) in [5.41, 5.74) is 1.81. The highest BCUT2D eigenvalue weighted by atomic mass is 127. The highest BCUT2D eigenvalue weighted by Crippen LogP contribution is 2.52. The Kier molecular flexibility index (Phi) is 6.77. The minimum atomic E-state index is 0. The third-order valence-corrected chi connectivity index (χ3v) is 5.74. The van der Waals surface area contributed by atoms with Gasteiger partial charge in [0.15, 0.2) is 5.96 Å². The van der Waals surface area contributed by atoms with Crippen LogP contribution < -0.4 is 10.6 Å². The molecule has 0 bridgehead atoms. The van der Waals surface area contributed by atoms with E-state index in [0.717, 1.165) is 25.5 Å². The lowest BCUT2D eigenvalue weighted by molar-refractivity contribution is -0.106. The lowest BCUT2D eigenvalue weighted by Crippen LogP contribution is -2.67. The molecule has 4 nitrogen and oxygen atoms in total. The summed E-state index contributed by atoms with van der Waals surface area (Å²) in [5.74, 6) is 1.59. The molecule has 1 saturated carbocycles. The normalized spacial score (nSPS) is 32.2. The standard InChI is InChI=1S/C18H31N3O.HI/c1-18(2)15(14-10-12-22-16(14)18)21-17(19-3)20-11-9-13-7-5-4-6-8-13;/h7,14-16H,4-6,8-12H2,1-3H3,(H2,19,20,21);1H. The third kappa shape index (κ3) is 4.03. The second-order valence-corrected chi connectivity index (χ2v) is 7.54. The van der Waals surface area contributed by atoms with Crippen molar-refractivity contribution in [3.63, 3.8) is 0 Å². The van der Waals surface area contributed by atoms with Crippen molar-refractivity contribution in [3.05, 3.63) is 11.6 Å². The molecular weight excluding hydrogens is 401 g/mol. The molecule has 3 rings (SSSR count). The number of aliphatic imine (C=N–C) groups is 1. The van der Waals surface area contributed by atoms with Crippen molar-refractivity contribution in [2.75, 3.05) is 20.2 Å². The fraction of sp³-hybridized carbons (Fsp3) is 0.833. The van der Waals surface area contributed by atoms with Crippen LogP contribution in [0, 0.1) is 11.3 Å². The molecule has 5 heteroatoms. The minimum absolute atomic E-state index is 0. The number of hydrogen-bond donors (Lipinski definition) is 2. The molecule has 3 atom stereocenters. The largest absolute Gasteiger partial charge is 0.377 e. The van der Waals surface area contributed by atoms with Gasteiger partial charge >= 0.3 is 0 Å². The predicted molar refractivity (Wildman–Crippen MR) is 106 cm³/mol. The number of nitrogens with one attached hydrogen (secondary N) is 2. The van der Waals surface area contributed by atoms with Crippen LogP contribution in [0.4, 0.5) is 0 Å². The van der Waals surface area contributed by atoms with Crippen molar-refractivity contribution < 1.29 is 4.74 Å². The Hall–Kier alpha value is -0.300. The zero-order chi connectivity index (χ0) is 15.6. The number of rotatable bonds is 4. The number of hydrogen-bond acceptors (Lipinski definition) is 2. The Labute approximate surface area is 157 Å². The SMILES string of the molecule is CN=C(NCCC1=CCCCC1)NC1C2CCOC2C1(C)C.I. The van der Waals surface area contributed by atoms with E-state index in [1.54, 1.807) is 5.57 Å². The highest BCUT2D eigenvalue weighted by Gasteiger charge is 2.59. The van der Waals surface area contributed by atoms with Crippen molar-refractivity contribution in [1.29, 1.82) is 0 Å². The van der Waals surface area contributed by atoms with E-state index in [2.05, 4.69) is 35.5 Å². The summed E-state index contributed by atoms with van der Waals surface area (Å²) in [6.07, 6.45) is 10.4. The molecule has 1 aliphatic heterocycles. The van der Waals surface area contributed by atoms with Gasteiger partial charge in [0.1, 0.15) is 0 Å². The first-order chi connectivity index (χ1) is 10.6. The molecular formula is C18H32IN3O. The van der Waals surface area contributed by atoms with Gasteiger partial charge in [-0.3, -0.25) is 4.99 Å². The summed E-state index contributed by atoms with van der Waals surface area (Å²) in [6.45, 7) is 6.49. The van der Waals surface area contributed by atoms with Crippen molar-refractivity contribution in [2.24, 2.45) is 16.3 Å². The first-order valence-corrected chi connectivity index (χ1v) is 8.89. The molecule has 1 saturated heterocycles.